The lowest BCUT2D eigenvalue weighted by molar-refractivity contribution is 0.242. The van der Waals surface area contributed by atoms with Crippen LogP contribution in [0.5, 0.6) is 5.75 Å². The predicted octanol–water partition coefficient (Wildman–Crippen LogP) is 7.28. The first-order chi connectivity index (χ1) is 17.2. The summed E-state index contributed by atoms with van der Waals surface area (Å²) in [6.07, 6.45) is 6.81. The summed E-state index contributed by atoms with van der Waals surface area (Å²) in [5.74, 6) is 1.56. The van der Waals surface area contributed by atoms with E-state index in [1.807, 2.05) is 64.3 Å². The number of nitrogens with one attached hydrogen (secondary N) is 1. The topological polar surface area (TPSA) is 61.2 Å². The third-order valence-corrected chi connectivity index (χ3v) is 6.53. The minimum Gasteiger partial charge on any atom is -0.490 e. The van der Waals surface area contributed by atoms with E-state index >= 15 is 0 Å². The van der Waals surface area contributed by atoms with Crippen molar-refractivity contribution in [2.75, 3.05) is 21.1 Å². The van der Waals surface area contributed by atoms with Crippen LogP contribution in [-0.4, -0.2) is 37.1 Å². The quantitative estimate of drug-likeness (QED) is 0.382. The van der Waals surface area contributed by atoms with Gasteiger partial charge in [-0.25, -0.2) is 4.98 Å². The summed E-state index contributed by atoms with van der Waals surface area (Å²) in [6.45, 7) is 11.9. The van der Waals surface area contributed by atoms with E-state index in [1.54, 1.807) is 11.3 Å². The number of thiazole rings is 1. The van der Waals surface area contributed by atoms with Crippen molar-refractivity contribution in [3.8, 4) is 32.8 Å². The fourth-order valence-corrected chi connectivity index (χ4v) is 4.68. The molecule has 2 aromatic carbocycles. The molecule has 6 heteroatoms. The van der Waals surface area contributed by atoms with Gasteiger partial charge in [0, 0.05) is 32.9 Å². The number of rotatable bonds is 6. The van der Waals surface area contributed by atoms with Gasteiger partial charge in [0.1, 0.15) is 16.8 Å². The Bertz CT molecular complexity index is 1170. The second-order valence-electron chi connectivity index (χ2n) is 9.11. The second-order valence-corrected chi connectivity index (χ2v) is 10.1. The van der Waals surface area contributed by atoms with Crippen LogP contribution < -0.4 is 10.1 Å². The Balaban J connectivity index is 0.000000391. The van der Waals surface area contributed by atoms with Crippen molar-refractivity contribution >= 4 is 11.3 Å². The van der Waals surface area contributed by atoms with Crippen LogP contribution in [0.1, 0.15) is 57.2 Å². The van der Waals surface area contributed by atoms with Crippen LogP contribution in [-0.2, 0) is 12.8 Å². The number of aryl methyl sites for hydroxylation is 1. The molecule has 1 aliphatic rings. The molecular weight excluding hydrogens is 464 g/mol. The summed E-state index contributed by atoms with van der Waals surface area (Å²) in [5, 5.41) is 13.3. The summed E-state index contributed by atoms with van der Waals surface area (Å²) < 4.78 is 5.71. The molecule has 192 valence electrons. The van der Waals surface area contributed by atoms with Gasteiger partial charge in [0.05, 0.1) is 22.4 Å². The molecule has 0 aliphatic heterocycles. The van der Waals surface area contributed by atoms with Crippen molar-refractivity contribution in [2.45, 2.75) is 59.5 Å². The Morgan fingerprint density at radius 3 is 2.53 bits per heavy atom. The molecule has 1 N–H and O–H groups in total. The largest absolute Gasteiger partial charge is 0.490 e. The van der Waals surface area contributed by atoms with Crippen molar-refractivity contribution in [1.29, 1.82) is 5.26 Å². The lowest BCUT2D eigenvalue weighted by atomic mass is 10.0. The molecule has 1 aromatic heterocycles. The van der Waals surface area contributed by atoms with Gasteiger partial charge in [0.25, 0.3) is 0 Å². The molecule has 0 fully saturated rings. The molecule has 3 aromatic rings. The summed E-state index contributed by atoms with van der Waals surface area (Å²) in [7, 11) is 5.74. The Morgan fingerprint density at radius 2 is 1.94 bits per heavy atom. The number of hydrogen-bond acceptors (Lipinski definition) is 6. The molecule has 0 unspecified atom stereocenters. The van der Waals surface area contributed by atoms with Gasteiger partial charge in [-0.1, -0.05) is 45.0 Å². The summed E-state index contributed by atoms with van der Waals surface area (Å²) >= 11 is 1.68. The van der Waals surface area contributed by atoms with Crippen LogP contribution in [0.4, 0.5) is 0 Å². The molecule has 5 nitrogen and oxygen atoms in total. The first-order valence-corrected chi connectivity index (χ1v) is 13.4. The monoisotopic (exact) mass is 504 g/mol. The van der Waals surface area contributed by atoms with E-state index in [2.05, 4.69) is 55.0 Å². The van der Waals surface area contributed by atoms with Gasteiger partial charge in [-0.15, -0.1) is 11.3 Å². The number of aromatic nitrogens is 1. The van der Waals surface area contributed by atoms with Crippen LogP contribution in [0.25, 0.3) is 21.0 Å². The zero-order valence-corrected chi connectivity index (χ0v) is 23.6. The average molecular weight is 505 g/mol. The van der Waals surface area contributed by atoms with Crippen molar-refractivity contribution in [2.24, 2.45) is 0 Å². The highest BCUT2D eigenvalue weighted by Crippen LogP contribution is 2.38. The molecule has 36 heavy (non-hydrogen) atoms. The van der Waals surface area contributed by atoms with E-state index in [0.29, 0.717) is 11.3 Å². The normalized spacial score (nSPS) is 11.3. The van der Waals surface area contributed by atoms with Crippen molar-refractivity contribution in [3.05, 3.63) is 71.7 Å². The van der Waals surface area contributed by atoms with Gasteiger partial charge < -0.3 is 15.0 Å². The van der Waals surface area contributed by atoms with E-state index in [4.69, 9.17) is 4.74 Å². The van der Waals surface area contributed by atoms with Gasteiger partial charge in [-0.05, 0) is 68.0 Å². The third-order valence-electron chi connectivity index (χ3n) is 5.46. The van der Waals surface area contributed by atoms with Crippen LogP contribution in [0, 0.1) is 11.3 Å². The van der Waals surface area contributed by atoms with E-state index in [-0.39, 0.29) is 6.10 Å². The van der Waals surface area contributed by atoms with Crippen molar-refractivity contribution in [1.82, 2.24) is 15.2 Å². The lowest BCUT2D eigenvalue weighted by Crippen LogP contribution is -2.20. The van der Waals surface area contributed by atoms with Crippen LogP contribution in [0.2, 0.25) is 0 Å². The molecule has 0 radical (unpaired) electrons. The molecule has 0 atom stereocenters. The number of nitriles is 1. The van der Waals surface area contributed by atoms with E-state index in [9.17, 15) is 5.26 Å². The molecule has 4 rings (SSSR count). The molecule has 0 saturated heterocycles. The maximum Gasteiger partial charge on any atom is 0.137 e. The number of fused-ring (bicyclic) bond motifs is 1. The molecule has 0 amide bonds. The lowest BCUT2D eigenvalue weighted by Gasteiger charge is -2.13. The third kappa shape index (κ3) is 7.86. The van der Waals surface area contributed by atoms with Gasteiger partial charge in [0.15, 0.2) is 0 Å². The second kappa shape index (κ2) is 14.3. The fraction of sp³-hybridized carbons (Fsp3) is 0.400. The fourth-order valence-electron chi connectivity index (χ4n) is 3.71. The first-order valence-electron chi connectivity index (χ1n) is 12.6. The summed E-state index contributed by atoms with van der Waals surface area (Å²) in [5.41, 5.74) is 5.76. The minimum atomic E-state index is 0.0413. The standard InChI is InChI=1S/C22H20N2OS.C5H12N2.C3H8/c1-14(2)25-20-10-9-16(11-17(20)12-23)22-24-13-21(26-22)19-8-4-6-15-5-3-7-18(15)19;1-5(6-2)7(3)4;1-3-2/h4,6,8-11,13-14H,3,5,7H2,1-2H3;6H,1H2,2-4H3;3H2,1-2H3. The maximum atomic E-state index is 9.44. The molecule has 0 spiro atoms. The number of nitrogens with zero attached hydrogens (tertiary/aromatic N) is 3. The number of benzene rings is 2. The average Bonchev–Trinajstić information content (AvgIpc) is 3.54. The van der Waals surface area contributed by atoms with Gasteiger partial charge in [-0.2, -0.15) is 5.26 Å². The zero-order valence-electron chi connectivity index (χ0n) is 22.8. The molecule has 0 bridgehead atoms. The summed E-state index contributed by atoms with van der Waals surface area (Å²) in [6, 6.07) is 14.5. The molecule has 0 saturated carbocycles. The van der Waals surface area contributed by atoms with Gasteiger partial charge in [0.2, 0.25) is 0 Å². The highest BCUT2D eigenvalue weighted by molar-refractivity contribution is 7.18. The maximum absolute atomic E-state index is 9.44. The van der Waals surface area contributed by atoms with Crippen molar-refractivity contribution in [3.63, 3.8) is 0 Å². The zero-order chi connectivity index (χ0) is 26.7. The Morgan fingerprint density at radius 1 is 1.22 bits per heavy atom. The summed E-state index contributed by atoms with van der Waals surface area (Å²) in [4.78, 5) is 7.73. The molecule has 1 heterocycles. The predicted molar refractivity (Wildman–Crippen MR) is 153 cm³/mol. The Hall–Kier alpha value is -3.30. The number of hydrogen-bond donors (Lipinski definition) is 1. The van der Waals surface area contributed by atoms with E-state index in [0.717, 1.165) is 22.8 Å². The molecule has 1 aliphatic carbocycles. The Kier molecular flexibility index (Phi) is 11.5. The molecular formula is C30H40N4OS. The van der Waals surface area contributed by atoms with Crippen LogP contribution in [0.15, 0.2) is 55.0 Å². The minimum absolute atomic E-state index is 0.0413. The van der Waals surface area contributed by atoms with E-state index in [1.165, 1.54) is 40.8 Å². The smallest absolute Gasteiger partial charge is 0.137 e. The highest BCUT2D eigenvalue weighted by atomic mass is 32.1. The van der Waals surface area contributed by atoms with Crippen molar-refractivity contribution < 1.29 is 4.74 Å². The van der Waals surface area contributed by atoms with Crippen LogP contribution in [0.3, 0.4) is 0 Å². The van der Waals surface area contributed by atoms with E-state index < -0.39 is 0 Å². The van der Waals surface area contributed by atoms with Gasteiger partial charge in [-0.3, -0.25) is 0 Å². The Labute approximate surface area is 221 Å². The number of ether oxygens (including phenoxy) is 1. The van der Waals surface area contributed by atoms with Gasteiger partial charge >= 0.3 is 0 Å². The first kappa shape index (κ1) is 28.9. The van der Waals surface area contributed by atoms with Crippen LogP contribution >= 0.6 is 11.3 Å². The SMILES string of the molecule is C=C(NC)N(C)C.CC(C)Oc1ccc(-c2ncc(-c3cccc4c3CCC4)s2)cc1C#N.CCC. The highest BCUT2D eigenvalue weighted by Gasteiger charge is 2.17.